The highest BCUT2D eigenvalue weighted by molar-refractivity contribution is 6.32. The lowest BCUT2D eigenvalue weighted by atomic mass is 9.98. The molecule has 1 rings (SSSR count). The average Bonchev–Trinajstić information content (AvgIpc) is 2.11. The van der Waals surface area contributed by atoms with Gasteiger partial charge in [-0.3, -0.25) is 0 Å². The van der Waals surface area contributed by atoms with Crippen LogP contribution >= 0.6 is 24.0 Å². The van der Waals surface area contributed by atoms with Crippen LogP contribution in [0.4, 0.5) is 5.69 Å². The highest BCUT2D eigenvalue weighted by atomic mass is 35.5. The number of rotatable bonds is 1. The summed E-state index contributed by atoms with van der Waals surface area (Å²) in [6.45, 7) is 8.42. The van der Waals surface area contributed by atoms with Gasteiger partial charge in [0.05, 0.1) is 0 Å². The molecule has 1 aromatic rings. The van der Waals surface area contributed by atoms with E-state index in [1.165, 1.54) is 27.9 Å². The van der Waals surface area contributed by atoms with Crippen LogP contribution in [-0.2, 0) is 0 Å². The lowest BCUT2D eigenvalue weighted by Gasteiger charge is -2.23. The Kier molecular flexibility index (Phi) is 4.95. The molecule has 0 atom stereocenters. The molecule has 0 amide bonds. The Hall–Kier alpha value is -0.400. The molecule has 3 heteroatoms. The van der Waals surface area contributed by atoms with Gasteiger partial charge in [0.15, 0.2) is 0 Å². The summed E-state index contributed by atoms with van der Waals surface area (Å²) in [7, 11) is 4.14. The van der Waals surface area contributed by atoms with Gasteiger partial charge in [-0.25, -0.2) is 0 Å². The zero-order chi connectivity index (χ0) is 11.0. The third kappa shape index (κ3) is 2.40. The Labute approximate surface area is 104 Å². The first-order valence-electron chi connectivity index (χ1n) is 4.81. The molecule has 0 fully saturated rings. The van der Waals surface area contributed by atoms with Crippen LogP contribution < -0.4 is 4.90 Å². The van der Waals surface area contributed by atoms with Gasteiger partial charge in [0.1, 0.15) is 0 Å². The van der Waals surface area contributed by atoms with E-state index in [9.17, 15) is 0 Å². The van der Waals surface area contributed by atoms with Crippen molar-refractivity contribution in [3.63, 3.8) is 0 Å². The molecule has 0 saturated carbocycles. The fraction of sp³-hybridized carbons (Fsp3) is 0.500. The second-order valence-electron chi connectivity index (χ2n) is 4.06. The highest BCUT2D eigenvalue weighted by Crippen LogP contribution is 2.34. The van der Waals surface area contributed by atoms with E-state index in [0.717, 1.165) is 5.02 Å². The van der Waals surface area contributed by atoms with Gasteiger partial charge in [0, 0.05) is 24.8 Å². The summed E-state index contributed by atoms with van der Waals surface area (Å²) >= 11 is 6.25. The van der Waals surface area contributed by atoms with Gasteiger partial charge in [-0.1, -0.05) is 11.6 Å². The van der Waals surface area contributed by atoms with Gasteiger partial charge < -0.3 is 4.90 Å². The molecule has 15 heavy (non-hydrogen) atoms. The van der Waals surface area contributed by atoms with Crippen molar-refractivity contribution in [2.45, 2.75) is 27.7 Å². The van der Waals surface area contributed by atoms with Gasteiger partial charge in [-0.05, 0) is 49.9 Å². The van der Waals surface area contributed by atoms with Crippen LogP contribution in [0, 0.1) is 27.7 Å². The SMILES string of the molecule is Cc1c(C)c(N(C)C)c(C)c(C)c1Cl.Cl. The van der Waals surface area contributed by atoms with E-state index in [1.807, 2.05) is 0 Å². The standard InChI is InChI=1S/C12H18ClN.ClH/c1-7-9(3)12(14(5)6)10(4)8(2)11(7)13;/h1-6H3;1H. The second kappa shape index (κ2) is 5.09. The number of hydrogen-bond donors (Lipinski definition) is 0. The smallest absolute Gasteiger partial charge is 0.0471 e. The number of anilines is 1. The molecule has 1 nitrogen and oxygen atoms in total. The summed E-state index contributed by atoms with van der Waals surface area (Å²) in [6, 6.07) is 0. The van der Waals surface area contributed by atoms with Crippen LogP contribution in [0.15, 0.2) is 0 Å². The molecule has 0 N–H and O–H groups in total. The largest absolute Gasteiger partial charge is 0.377 e. The summed E-state index contributed by atoms with van der Waals surface area (Å²) in [5, 5.41) is 0.908. The summed E-state index contributed by atoms with van der Waals surface area (Å²) in [6.07, 6.45) is 0. The minimum absolute atomic E-state index is 0. The third-order valence-electron chi connectivity index (χ3n) is 2.94. The Morgan fingerprint density at radius 3 is 1.40 bits per heavy atom. The summed E-state index contributed by atoms with van der Waals surface area (Å²) in [4.78, 5) is 2.15. The molecule has 1 aromatic carbocycles. The van der Waals surface area contributed by atoms with Gasteiger partial charge in [0.25, 0.3) is 0 Å². The fourth-order valence-electron chi connectivity index (χ4n) is 1.92. The molecule has 0 bridgehead atoms. The minimum Gasteiger partial charge on any atom is -0.377 e. The molecule has 0 aromatic heterocycles. The predicted octanol–water partition coefficient (Wildman–Crippen LogP) is 4.06. The van der Waals surface area contributed by atoms with E-state index in [0.29, 0.717) is 0 Å². The molecule has 0 aliphatic rings. The Bertz CT molecular complexity index is 341. The van der Waals surface area contributed by atoms with Gasteiger partial charge >= 0.3 is 0 Å². The second-order valence-corrected chi connectivity index (χ2v) is 4.43. The van der Waals surface area contributed by atoms with Crippen molar-refractivity contribution < 1.29 is 0 Å². The van der Waals surface area contributed by atoms with Gasteiger partial charge in [-0.2, -0.15) is 0 Å². The van der Waals surface area contributed by atoms with E-state index in [-0.39, 0.29) is 12.4 Å². The summed E-state index contributed by atoms with van der Waals surface area (Å²) in [5.74, 6) is 0. The van der Waals surface area contributed by atoms with Crippen LogP contribution in [0.2, 0.25) is 5.02 Å². The van der Waals surface area contributed by atoms with E-state index in [4.69, 9.17) is 11.6 Å². The molecule has 0 unspecified atom stereocenters. The third-order valence-corrected chi connectivity index (χ3v) is 3.51. The topological polar surface area (TPSA) is 3.24 Å². The molecule has 0 saturated heterocycles. The van der Waals surface area contributed by atoms with Crippen LogP contribution in [0.1, 0.15) is 22.3 Å². The first kappa shape index (κ1) is 14.6. The van der Waals surface area contributed by atoms with E-state index in [2.05, 4.69) is 46.7 Å². The predicted molar refractivity (Wildman–Crippen MR) is 72.0 cm³/mol. The molecule has 0 aliphatic carbocycles. The molecule has 0 spiro atoms. The lowest BCUT2D eigenvalue weighted by molar-refractivity contribution is 1.08. The van der Waals surface area contributed by atoms with Crippen molar-refractivity contribution in [3.8, 4) is 0 Å². The molecule has 0 radical (unpaired) electrons. The molecule has 0 aliphatic heterocycles. The van der Waals surface area contributed by atoms with Crippen molar-refractivity contribution in [2.75, 3.05) is 19.0 Å². The molecule has 86 valence electrons. The Morgan fingerprint density at radius 2 is 1.13 bits per heavy atom. The van der Waals surface area contributed by atoms with Crippen molar-refractivity contribution in [1.29, 1.82) is 0 Å². The van der Waals surface area contributed by atoms with Gasteiger partial charge in [-0.15, -0.1) is 12.4 Å². The van der Waals surface area contributed by atoms with E-state index in [1.54, 1.807) is 0 Å². The van der Waals surface area contributed by atoms with Crippen LogP contribution in [-0.4, -0.2) is 14.1 Å². The summed E-state index contributed by atoms with van der Waals surface area (Å²) < 4.78 is 0. The zero-order valence-corrected chi connectivity index (χ0v) is 11.8. The minimum atomic E-state index is 0. The van der Waals surface area contributed by atoms with Crippen molar-refractivity contribution >= 4 is 29.7 Å². The molecular formula is C12H19Cl2N. The van der Waals surface area contributed by atoms with E-state index < -0.39 is 0 Å². The van der Waals surface area contributed by atoms with Crippen LogP contribution in [0.3, 0.4) is 0 Å². The maximum Gasteiger partial charge on any atom is 0.0471 e. The normalized spacial score (nSPS) is 9.80. The Morgan fingerprint density at radius 1 is 0.800 bits per heavy atom. The lowest BCUT2D eigenvalue weighted by Crippen LogP contribution is -2.13. The first-order chi connectivity index (χ1) is 6.37. The van der Waals surface area contributed by atoms with Crippen LogP contribution in [0.25, 0.3) is 0 Å². The van der Waals surface area contributed by atoms with Gasteiger partial charge in [0.2, 0.25) is 0 Å². The molecule has 0 heterocycles. The molecular weight excluding hydrogens is 229 g/mol. The maximum absolute atomic E-state index is 6.25. The zero-order valence-electron chi connectivity index (χ0n) is 10.2. The monoisotopic (exact) mass is 247 g/mol. The van der Waals surface area contributed by atoms with Crippen molar-refractivity contribution in [2.24, 2.45) is 0 Å². The number of hydrogen-bond acceptors (Lipinski definition) is 1. The van der Waals surface area contributed by atoms with Crippen LogP contribution in [0.5, 0.6) is 0 Å². The maximum atomic E-state index is 6.25. The number of benzene rings is 1. The average molecular weight is 248 g/mol. The number of nitrogens with zero attached hydrogens (tertiary/aromatic N) is 1. The van der Waals surface area contributed by atoms with Crippen molar-refractivity contribution in [1.82, 2.24) is 0 Å². The quantitative estimate of drug-likeness (QED) is 0.724. The number of halogens is 2. The fourth-order valence-corrected chi connectivity index (χ4v) is 2.20. The van der Waals surface area contributed by atoms with Crippen molar-refractivity contribution in [3.05, 3.63) is 27.3 Å². The summed E-state index contributed by atoms with van der Waals surface area (Å²) in [5.41, 5.74) is 6.24. The van der Waals surface area contributed by atoms with E-state index >= 15 is 0 Å². The first-order valence-corrected chi connectivity index (χ1v) is 5.18. The Balaban J connectivity index is 0.00000196. The highest BCUT2D eigenvalue weighted by Gasteiger charge is 2.14.